The van der Waals surface area contributed by atoms with Crippen LogP contribution in [0.2, 0.25) is 0 Å². The standard InChI is InChI=1S/C27H37NO4S/c1-8-16(2)19-11-9-10-12-21(19)32-17(3)24(29)28-25-23(26(30)31-7)20-14-13-18(27(4,5)6)15-22(20)33-25/h9-12,16-18H,8,13-15H2,1-7H3,(H,28,29). The zero-order valence-corrected chi connectivity index (χ0v) is 21.7. The number of carbonyl (C=O) groups excluding carboxylic acids is 2. The maximum absolute atomic E-state index is 13.1. The van der Waals surface area contributed by atoms with E-state index in [0.29, 0.717) is 22.4 Å². The van der Waals surface area contributed by atoms with Gasteiger partial charge in [-0.3, -0.25) is 4.79 Å². The maximum atomic E-state index is 13.1. The average Bonchev–Trinajstić information content (AvgIpc) is 3.14. The average molecular weight is 472 g/mol. The highest BCUT2D eigenvalue weighted by molar-refractivity contribution is 7.17. The van der Waals surface area contributed by atoms with E-state index in [2.05, 4.69) is 39.9 Å². The molecule has 0 saturated carbocycles. The van der Waals surface area contributed by atoms with Crippen LogP contribution in [0.1, 0.15) is 86.7 Å². The lowest BCUT2D eigenvalue weighted by molar-refractivity contribution is -0.122. The normalized spacial score (nSPS) is 17.6. The number of para-hydroxylation sites is 1. The fourth-order valence-electron chi connectivity index (χ4n) is 4.40. The van der Waals surface area contributed by atoms with Crippen LogP contribution < -0.4 is 10.1 Å². The first-order valence-corrected chi connectivity index (χ1v) is 12.7. The Morgan fingerprint density at radius 2 is 1.91 bits per heavy atom. The minimum atomic E-state index is -0.706. The van der Waals surface area contributed by atoms with Gasteiger partial charge in [0.05, 0.1) is 12.7 Å². The molecule has 1 amide bonds. The highest BCUT2D eigenvalue weighted by Gasteiger charge is 2.34. The van der Waals surface area contributed by atoms with Crippen molar-refractivity contribution in [2.24, 2.45) is 11.3 Å². The summed E-state index contributed by atoms with van der Waals surface area (Å²) in [5.74, 6) is 0.929. The number of fused-ring (bicyclic) bond motifs is 1. The SMILES string of the molecule is CCC(C)c1ccccc1OC(C)C(=O)Nc1sc2c(c1C(=O)OC)CCC(C(C)(C)C)C2. The zero-order chi connectivity index (χ0) is 24.3. The molecule has 180 valence electrons. The van der Waals surface area contributed by atoms with Crippen LogP contribution in [-0.4, -0.2) is 25.1 Å². The van der Waals surface area contributed by atoms with Gasteiger partial charge >= 0.3 is 5.97 Å². The van der Waals surface area contributed by atoms with Crippen LogP contribution in [0, 0.1) is 11.3 Å². The molecule has 1 N–H and O–H groups in total. The van der Waals surface area contributed by atoms with Crippen molar-refractivity contribution in [1.29, 1.82) is 0 Å². The van der Waals surface area contributed by atoms with Crippen LogP contribution in [0.15, 0.2) is 24.3 Å². The molecule has 1 heterocycles. The van der Waals surface area contributed by atoms with E-state index in [-0.39, 0.29) is 11.3 Å². The summed E-state index contributed by atoms with van der Waals surface area (Å²) in [7, 11) is 1.39. The summed E-state index contributed by atoms with van der Waals surface area (Å²) in [5.41, 5.74) is 2.82. The third-order valence-electron chi connectivity index (χ3n) is 6.85. The molecule has 0 bridgehead atoms. The van der Waals surface area contributed by atoms with Gasteiger partial charge in [-0.2, -0.15) is 0 Å². The second-order valence-electron chi connectivity index (χ2n) is 10.1. The van der Waals surface area contributed by atoms with Gasteiger partial charge in [-0.15, -0.1) is 11.3 Å². The Morgan fingerprint density at radius 1 is 1.21 bits per heavy atom. The van der Waals surface area contributed by atoms with Crippen LogP contribution in [0.25, 0.3) is 0 Å². The molecular weight excluding hydrogens is 434 g/mol. The molecule has 5 nitrogen and oxygen atoms in total. The Morgan fingerprint density at radius 3 is 2.55 bits per heavy atom. The van der Waals surface area contributed by atoms with Gasteiger partial charge < -0.3 is 14.8 Å². The molecule has 0 aliphatic heterocycles. The van der Waals surface area contributed by atoms with E-state index in [0.717, 1.165) is 42.6 Å². The number of carbonyl (C=O) groups is 2. The summed E-state index contributed by atoms with van der Waals surface area (Å²) in [4.78, 5) is 26.9. The van der Waals surface area contributed by atoms with Crippen molar-refractivity contribution in [3.8, 4) is 5.75 Å². The molecule has 3 atom stereocenters. The first kappa shape index (κ1) is 25.3. The van der Waals surface area contributed by atoms with Crippen molar-refractivity contribution in [3.05, 3.63) is 45.8 Å². The molecule has 0 radical (unpaired) electrons. The first-order valence-electron chi connectivity index (χ1n) is 11.9. The van der Waals surface area contributed by atoms with Gasteiger partial charge in [0.25, 0.3) is 5.91 Å². The highest BCUT2D eigenvalue weighted by atomic mass is 32.1. The molecule has 1 aromatic heterocycles. The second-order valence-corrected chi connectivity index (χ2v) is 11.2. The summed E-state index contributed by atoms with van der Waals surface area (Å²) in [5, 5.41) is 3.54. The van der Waals surface area contributed by atoms with Gasteiger partial charge in [0.2, 0.25) is 0 Å². The van der Waals surface area contributed by atoms with Gasteiger partial charge in [0.1, 0.15) is 10.8 Å². The second kappa shape index (κ2) is 10.3. The zero-order valence-electron chi connectivity index (χ0n) is 20.9. The summed E-state index contributed by atoms with van der Waals surface area (Å²) in [6, 6.07) is 7.85. The molecule has 0 saturated heterocycles. The molecule has 2 aromatic rings. The minimum Gasteiger partial charge on any atom is -0.481 e. The van der Waals surface area contributed by atoms with E-state index >= 15 is 0 Å². The maximum Gasteiger partial charge on any atom is 0.341 e. The number of hydrogen-bond donors (Lipinski definition) is 1. The number of thiophene rings is 1. The fraction of sp³-hybridized carbons (Fsp3) is 0.556. The summed E-state index contributed by atoms with van der Waals surface area (Å²) >= 11 is 1.50. The van der Waals surface area contributed by atoms with Gasteiger partial charge in [0, 0.05) is 4.88 Å². The van der Waals surface area contributed by atoms with E-state index in [4.69, 9.17) is 9.47 Å². The first-order chi connectivity index (χ1) is 15.6. The molecule has 1 aromatic carbocycles. The molecule has 3 rings (SSSR count). The Balaban J connectivity index is 1.82. The summed E-state index contributed by atoms with van der Waals surface area (Å²) < 4.78 is 11.1. The third kappa shape index (κ3) is 5.60. The number of esters is 1. The van der Waals surface area contributed by atoms with E-state index in [1.165, 1.54) is 23.3 Å². The van der Waals surface area contributed by atoms with Crippen LogP contribution in [0.5, 0.6) is 5.75 Å². The Kier molecular flexibility index (Phi) is 7.88. The van der Waals surface area contributed by atoms with E-state index in [9.17, 15) is 9.59 Å². The Bertz CT molecular complexity index is 1000. The quantitative estimate of drug-likeness (QED) is 0.462. The van der Waals surface area contributed by atoms with Crippen LogP contribution in [0.4, 0.5) is 5.00 Å². The fourth-order valence-corrected chi connectivity index (χ4v) is 5.72. The van der Waals surface area contributed by atoms with Crippen molar-refractivity contribution in [2.45, 2.75) is 79.2 Å². The largest absolute Gasteiger partial charge is 0.481 e. The van der Waals surface area contributed by atoms with Gasteiger partial charge in [0.15, 0.2) is 6.10 Å². The van der Waals surface area contributed by atoms with Gasteiger partial charge in [-0.05, 0) is 67.1 Å². The number of nitrogens with one attached hydrogen (secondary N) is 1. The molecule has 1 aliphatic carbocycles. The highest BCUT2D eigenvalue weighted by Crippen LogP contribution is 2.44. The topological polar surface area (TPSA) is 64.6 Å². The van der Waals surface area contributed by atoms with Crippen molar-refractivity contribution < 1.29 is 19.1 Å². The van der Waals surface area contributed by atoms with E-state index < -0.39 is 12.1 Å². The van der Waals surface area contributed by atoms with Crippen molar-refractivity contribution in [1.82, 2.24) is 0 Å². The lowest BCUT2D eigenvalue weighted by atomic mass is 9.72. The number of methoxy groups -OCH3 is 1. The van der Waals surface area contributed by atoms with E-state index in [1.807, 2.05) is 24.3 Å². The lowest BCUT2D eigenvalue weighted by Gasteiger charge is -2.33. The van der Waals surface area contributed by atoms with Gasteiger partial charge in [-0.1, -0.05) is 52.8 Å². The third-order valence-corrected chi connectivity index (χ3v) is 8.02. The molecule has 33 heavy (non-hydrogen) atoms. The molecule has 0 spiro atoms. The smallest absolute Gasteiger partial charge is 0.341 e. The number of benzene rings is 1. The molecule has 0 fully saturated rings. The molecule has 1 aliphatic rings. The van der Waals surface area contributed by atoms with Crippen molar-refractivity contribution >= 4 is 28.2 Å². The lowest BCUT2D eigenvalue weighted by Crippen LogP contribution is -2.30. The monoisotopic (exact) mass is 471 g/mol. The molecule has 3 unspecified atom stereocenters. The predicted octanol–water partition coefficient (Wildman–Crippen LogP) is 6.61. The molecular formula is C27H37NO4S. The Labute approximate surface area is 201 Å². The number of hydrogen-bond acceptors (Lipinski definition) is 5. The Hall–Kier alpha value is -2.34. The number of anilines is 1. The van der Waals surface area contributed by atoms with Crippen LogP contribution >= 0.6 is 11.3 Å². The summed E-state index contributed by atoms with van der Waals surface area (Å²) in [6.45, 7) is 12.8. The minimum absolute atomic E-state index is 0.196. The van der Waals surface area contributed by atoms with Crippen molar-refractivity contribution in [3.63, 3.8) is 0 Å². The van der Waals surface area contributed by atoms with Crippen LogP contribution in [-0.2, 0) is 22.4 Å². The van der Waals surface area contributed by atoms with Crippen LogP contribution in [0.3, 0.4) is 0 Å². The number of rotatable bonds is 7. The van der Waals surface area contributed by atoms with Gasteiger partial charge in [-0.25, -0.2) is 4.79 Å². The number of amides is 1. The van der Waals surface area contributed by atoms with Crippen molar-refractivity contribution in [2.75, 3.05) is 12.4 Å². The number of ether oxygens (including phenoxy) is 2. The summed E-state index contributed by atoms with van der Waals surface area (Å²) in [6.07, 6.45) is 3.04. The predicted molar refractivity (Wildman–Crippen MR) is 134 cm³/mol. The molecule has 6 heteroatoms. The van der Waals surface area contributed by atoms with E-state index in [1.54, 1.807) is 6.92 Å².